The number of aliphatic hydroxyl groups excluding tert-OH is 1. The van der Waals surface area contributed by atoms with E-state index < -0.39 is 11.0 Å². The highest BCUT2D eigenvalue weighted by molar-refractivity contribution is 5.85. The molecule has 1 amide bonds. The van der Waals surface area contributed by atoms with E-state index in [0.717, 1.165) is 54.8 Å². The summed E-state index contributed by atoms with van der Waals surface area (Å²) in [5.41, 5.74) is 2.01. The third-order valence-electron chi connectivity index (χ3n) is 11.1. The number of rotatable bonds is 5. The average Bonchev–Trinajstić information content (AvgIpc) is 3.68. The van der Waals surface area contributed by atoms with Gasteiger partial charge < -0.3 is 19.8 Å². The molecule has 2 heterocycles. The van der Waals surface area contributed by atoms with Gasteiger partial charge in [-0.1, -0.05) is 48.0 Å². The first-order valence-electron chi connectivity index (χ1n) is 14.9. The first-order valence-corrected chi connectivity index (χ1v) is 14.9. The van der Waals surface area contributed by atoms with Gasteiger partial charge in [0.05, 0.1) is 23.5 Å². The van der Waals surface area contributed by atoms with Crippen molar-refractivity contribution in [2.24, 2.45) is 11.3 Å². The molecule has 2 aromatic rings. The number of hydrogen-bond donors (Lipinski definition) is 2. The summed E-state index contributed by atoms with van der Waals surface area (Å²) in [6.07, 6.45) is 7.09. The Morgan fingerprint density at radius 3 is 2.74 bits per heavy atom. The number of benzene rings is 2. The second-order valence-corrected chi connectivity index (χ2v) is 13.1. The maximum Gasteiger partial charge on any atom is 0.227 e. The first-order chi connectivity index (χ1) is 18.9. The molecule has 2 saturated carbocycles. The normalized spacial score (nSPS) is 35.2. The zero-order valence-electron chi connectivity index (χ0n) is 22.7. The van der Waals surface area contributed by atoms with Crippen LogP contribution < -0.4 is 0 Å². The molecule has 0 radical (unpaired) electrons. The number of nitrogens with zero attached hydrogens (tertiary/aromatic N) is 2. The topological polar surface area (TPSA) is 73.2 Å². The summed E-state index contributed by atoms with van der Waals surface area (Å²) in [6, 6.07) is 14.4. The Hall–Kier alpha value is -2.83. The molecule has 4 aliphatic carbocycles. The smallest absolute Gasteiger partial charge is 0.227 e. The fourth-order valence-corrected chi connectivity index (χ4v) is 8.98. The van der Waals surface area contributed by atoms with Crippen molar-refractivity contribution in [1.82, 2.24) is 9.80 Å². The zero-order valence-corrected chi connectivity index (χ0v) is 22.7. The third-order valence-corrected chi connectivity index (χ3v) is 11.1. The number of aliphatic hydroxyl groups is 2. The van der Waals surface area contributed by atoms with Gasteiger partial charge in [0.2, 0.25) is 5.91 Å². The number of piperidine rings is 1. The average molecular weight is 527 g/mol. The Morgan fingerprint density at radius 1 is 1.10 bits per heavy atom. The van der Waals surface area contributed by atoms with E-state index >= 15 is 0 Å². The van der Waals surface area contributed by atoms with E-state index in [2.05, 4.69) is 29.2 Å². The van der Waals surface area contributed by atoms with E-state index in [9.17, 15) is 15.0 Å². The predicted molar refractivity (Wildman–Crippen MR) is 149 cm³/mol. The lowest BCUT2D eigenvalue weighted by Gasteiger charge is -2.65. The van der Waals surface area contributed by atoms with E-state index in [1.165, 1.54) is 23.8 Å². The van der Waals surface area contributed by atoms with Gasteiger partial charge in [-0.05, 0) is 73.7 Å². The molecule has 2 aromatic carbocycles. The molecule has 1 spiro atoms. The number of amides is 1. The quantitative estimate of drug-likeness (QED) is 0.582. The number of ether oxygens (including phenoxy) is 1. The molecule has 4 fully saturated rings. The maximum absolute atomic E-state index is 13.7. The number of carbonyl (C=O) groups is 1. The summed E-state index contributed by atoms with van der Waals surface area (Å²) >= 11 is 0. The molecule has 0 unspecified atom stereocenters. The van der Waals surface area contributed by atoms with Crippen molar-refractivity contribution < 1.29 is 19.7 Å². The SMILES string of the molecule is CN(C(=O)Cc1ccc2ccccc2c1)[C@@H]1CC[C@@]2(O)[C@H]3CC4=C5C(=C(O)CC4)O[C@@H]1[C@]52CCN3CC1CC1. The lowest BCUT2D eigenvalue weighted by Crippen LogP contribution is -2.75. The molecule has 2 saturated heterocycles. The minimum atomic E-state index is -0.901. The van der Waals surface area contributed by atoms with Gasteiger partial charge >= 0.3 is 0 Å². The minimum absolute atomic E-state index is 0.0709. The minimum Gasteiger partial charge on any atom is -0.508 e. The lowest BCUT2D eigenvalue weighted by molar-refractivity contribution is -0.221. The number of allylic oxidation sites excluding steroid dienone is 2. The Balaban J connectivity index is 1.14. The van der Waals surface area contributed by atoms with Gasteiger partial charge in [0, 0.05) is 31.6 Å². The summed E-state index contributed by atoms with van der Waals surface area (Å²) in [5.74, 6) is 1.79. The molecule has 2 N–H and O–H groups in total. The van der Waals surface area contributed by atoms with Crippen LogP contribution in [0.4, 0.5) is 0 Å². The number of hydrogen-bond acceptors (Lipinski definition) is 5. The van der Waals surface area contributed by atoms with Crippen molar-refractivity contribution in [2.45, 2.75) is 81.6 Å². The molecule has 204 valence electrons. The van der Waals surface area contributed by atoms with Crippen LogP contribution in [0.2, 0.25) is 0 Å². The van der Waals surface area contributed by atoms with Gasteiger partial charge in [-0.2, -0.15) is 0 Å². The van der Waals surface area contributed by atoms with Crippen molar-refractivity contribution in [3.8, 4) is 0 Å². The Morgan fingerprint density at radius 2 is 1.92 bits per heavy atom. The summed E-state index contributed by atoms with van der Waals surface area (Å²) in [7, 11) is 1.91. The summed E-state index contributed by atoms with van der Waals surface area (Å²) in [5, 5.41) is 26.0. The molecule has 0 aromatic heterocycles. The molecule has 39 heavy (non-hydrogen) atoms. The van der Waals surface area contributed by atoms with E-state index in [1.807, 2.05) is 30.1 Å². The van der Waals surface area contributed by atoms with Gasteiger partial charge in [0.15, 0.2) is 5.76 Å². The van der Waals surface area contributed by atoms with Crippen LogP contribution >= 0.6 is 0 Å². The van der Waals surface area contributed by atoms with Crippen LogP contribution in [-0.2, 0) is 16.0 Å². The van der Waals surface area contributed by atoms with E-state index in [0.29, 0.717) is 37.2 Å². The van der Waals surface area contributed by atoms with Crippen molar-refractivity contribution in [2.75, 3.05) is 20.1 Å². The Kier molecular flexibility index (Phi) is 5.13. The molecule has 8 rings (SSSR count). The Bertz CT molecular complexity index is 1440. The molecular formula is C33H38N2O4. The lowest BCUT2D eigenvalue weighted by atomic mass is 9.47. The van der Waals surface area contributed by atoms with Gasteiger partial charge in [-0.15, -0.1) is 0 Å². The molecular weight excluding hydrogens is 488 g/mol. The molecule has 5 atom stereocenters. The molecule has 2 aliphatic heterocycles. The molecule has 2 bridgehead atoms. The van der Waals surface area contributed by atoms with Crippen LogP contribution in [0.1, 0.15) is 56.9 Å². The fourth-order valence-electron chi connectivity index (χ4n) is 8.98. The highest BCUT2D eigenvalue weighted by Crippen LogP contribution is 2.69. The zero-order chi connectivity index (χ0) is 26.5. The monoisotopic (exact) mass is 526 g/mol. The van der Waals surface area contributed by atoms with Crippen molar-refractivity contribution in [3.05, 3.63) is 70.7 Å². The van der Waals surface area contributed by atoms with Crippen LogP contribution in [0.3, 0.4) is 0 Å². The second-order valence-electron chi connectivity index (χ2n) is 13.1. The summed E-state index contributed by atoms with van der Waals surface area (Å²) in [4.78, 5) is 18.2. The molecule has 6 aliphatic rings. The summed E-state index contributed by atoms with van der Waals surface area (Å²) < 4.78 is 6.72. The number of carbonyl (C=O) groups excluding carboxylic acids is 1. The van der Waals surface area contributed by atoms with Crippen molar-refractivity contribution in [1.29, 1.82) is 0 Å². The largest absolute Gasteiger partial charge is 0.508 e. The molecule has 6 nitrogen and oxygen atoms in total. The number of likely N-dealkylation sites (N-methyl/N-ethyl adjacent to an activating group) is 1. The standard InChI is InChI=1S/C33H38N2O4/c1-34(28(37)17-21-8-9-22-4-2-3-5-23(22)16-21)25-12-13-33(38)27-18-24-10-11-26(36)30-29(24)32(33,31(25)39-30)14-15-35(27)19-20-6-7-20/h2-5,8-9,16,20,25,27,31,36,38H,6-7,10-15,17-19H2,1H3/t25-,27-,31+,32+,33-/m1/s1. The van der Waals surface area contributed by atoms with E-state index in [1.54, 1.807) is 0 Å². The maximum atomic E-state index is 13.7. The predicted octanol–water partition coefficient (Wildman–Crippen LogP) is 4.87. The van der Waals surface area contributed by atoms with Crippen LogP contribution in [0.25, 0.3) is 10.8 Å². The van der Waals surface area contributed by atoms with E-state index in [-0.39, 0.29) is 24.1 Å². The third kappa shape index (κ3) is 3.31. The number of fused-ring (bicyclic) bond motifs is 1. The van der Waals surface area contributed by atoms with Crippen LogP contribution in [0, 0.1) is 11.3 Å². The van der Waals surface area contributed by atoms with Gasteiger partial charge in [0.1, 0.15) is 11.9 Å². The highest BCUT2D eigenvalue weighted by Gasteiger charge is 2.74. The van der Waals surface area contributed by atoms with Crippen LogP contribution in [-0.4, -0.2) is 69.8 Å². The molecule has 6 heteroatoms. The second kappa shape index (κ2) is 8.34. The van der Waals surface area contributed by atoms with Gasteiger partial charge in [0.25, 0.3) is 0 Å². The number of likely N-dealkylation sites (tertiary alicyclic amines) is 1. The van der Waals surface area contributed by atoms with E-state index in [4.69, 9.17) is 4.74 Å². The van der Waals surface area contributed by atoms with Gasteiger partial charge in [-0.3, -0.25) is 9.69 Å². The van der Waals surface area contributed by atoms with Crippen molar-refractivity contribution >= 4 is 16.7 Å². The first kappa shape index (κ1) is 24.0. The van der Waals surface area contributed by atoms with Gasteiger partial charge in [-0.25, -0.2) is 0 Å². The van der Waals surface area contributed by atoms with Crippen molar-refractivity contribution in [3.63, 3.8) is 0 Å². The fraction of sp³-hybridized carbons (Fsp3) is 0.545. The summed E-state index contributed by atoms with van der Waals surface area (Å²) in [6.45, 7) is 2.02. The Labute approximate surface area is 229 Å². The van der Waals surface area contributed by atoms with Crippen LogP contribution in [0.5, 0.6) is 0 Å². The highest BCUT2D eigenvalue weighted by atomic mass is 16.5. The van der Waals surface area contributed by atoms with Crippen LogP contribution in [0.15, 0.2) is 65.1 Å².